The Morgan fingerprint density at radius 1 is 1.39 bits per heavy atom. The Kier molecular flexibility index (Phi) is 4.50. The zero-order valence-corrected chi connectivity index (χ0v) is 11.6. The van der Waals surface area contributed by atoms with Gasteiger partial charge >= 0.3 is 0 Å². The van der Waals surface area contributed by atoms with Crippen molar-refractivity contribution in [2.45, 2.75) is 26.0 Å². The lowest BCUT2D eigenvalue weighted by Crippen LogP contribution is -1.98. The summed E-state index contributed by atoms with van der Waals surface area (Å²) in [5.41, 5.74) is 1.91. The summed E-state index contributed by atoms with van der Waals surface area (Å²) >= 11 is 12.0. The quantitative estimate of drug-likeness (QED) is 0.780. The molecule has 96 valence electrons. The highest BCUT2D eigenvalue weighted by Crippen LogP contribution is 2.30. The molecule has 0 spiro atoms. The van der Waals surface area contributed by atoms with Crippen molar-refractivity contribution in [2.75, 3.05) is 0 Å². The number of nitrogens with zero attached hydrogens (tertiary/aromatic N) is 2. The smallest absolute Gasteiger partial charge is 0.142 e. The second-order valence-corrected chi connectivity index (χ2v) is 4.53. The molecule has 0 saturated carbocycles. The Balaban J connectivity index is 2.10. The van der Waals surface area contributed by atoms with Gasteiger partial charge in [-0.15, -0.1) is 11.6 Å². The minimum Gasteiger partial charge on any atom is -0.487 e. The van der Waals surface area contributed by atoms with Crippen LogP contribution in [0, 0.1) is 0 Å². The molecule has 0 N–H and O–H groups in total. The molecule has 1 heterocycles. The molecule has 3 nitrogen and oxygen atoms in total. The van der Waals surface area contributed by atoms with Crippen molar-refractivity contribution in [2.24, 2.45) is 0 Å². The third kappa shape index (κ3) is 2.98. The van der Waals surface area contributed by atoms with Gasteiger partial charge in [0.1, 0.15) is 12.4 Å². The average molecular weight is 285 g/mol. The van der Waals surface area contributed by atoms with E-state index in [9.17, 15) is 0 Å². The van der Waals surface area contributed by atoms with Crippen LogP contribution >= 0.6 is 23.2 Å². The maximum atomic E-state index is 6.10. The highest BCUT2D eigenvalue weighted by molar-refractivity contribution is 6.32. The number of aromatic nitrogens is 2. The van der Waals surface area contributed by atoms with Crippen LogP contribution in [0.1, 0.15) is 18.1 Å². The predicted octanol–water partition coefficient (Wildman–Crippen LogP) is 3.87. The fourth-order valence-electron chi connectivity index (χ4n) is 1.63. The first-order chi connectivity index (χ1) is 8.74. The van der Waals surface area contributed by atoms with Gasteiger partial charge in [0.25, 0.3) is 0 Å². The van der Waals surface area contributed by atoms with Gasteiger partial charge < -0.3 is 4.74 Å². The van der Waals surface area contributed by atoms with E-state index in [2.05, 4.69) is 5.10 Å². The minimum absolute atomic E-state index is 0.379. The van der Waals surface area contributed by atoms with E-state index in [4.69, 9.17) is 27.9 Å². The summed E-state index contributed by atoms with van der Waals surface area (Å²) in [6.45, 7) is 3.32. The van der Waals surface area contributed by atoms with Crippen LogP contribution in [0.2, 0.25) is 5.02 Å². The Bertz CT molecular complexity index is 525. The Hall–Kier alpha value is -1.19. The highest BCUT2D eigenvalue weighted by Gasteiger charge is 2.08. The van der Waals surface area contributed by atoms with E-state index in [0.717, 1.165) is 17.7 Å². The monoisotopic (exact) mass is 284 g/mol. The van der Waals surface area contributed by atoms with Gasteiger partial charge in [-0.2, -0.15) is 5.10 Å². The summed E-state index contributed by atoms with van der Waals surface area (Å²) in [6.07, 6.45) is 3.75. The second kappa shape index (κ2) is 6.12. The first kappa shape index (κ1) is 13.2. The van der Waals surface area contributed by atoms with Crippen LogP contribution in [0.15, 0.2) is 30.6 Å². The van der Waals surface area contributed by atoms with E-state index in [-0.39, 0.29) is 0 Å². The van der Waals surface area contributed by atoms with Crippen LogP contribution < -0.4 is 4.74 Å². The van der Waals surface area contributed by atoms with Crippen molar-refractivity contribution in [1.82, 2.24) is 9.78 Å². The Morgan fingerprint density at radius 2 is 2.22 bits per heavy atom. The average Bonchev–Trinajstić information content (AvgIpc) is 2.85. The second-order valence-electron chi connectivity index (χ2n) is 3.85. The van der Waals surface area contributed by atoms with E-state index < -0.39 is 0 Å². The summed E-state index contributed by atoms with van der Waals surface area (Å²) in [7, 11) is 0. The maximum Gasteiger partial charge on any atom is 0.142 e. The number of hydrogen-bond acceptors (Lipinski definition) is 2. The first-order valence-electron chi connectivity index (χ1n) is 5.72. The number of aryl methyl sites for hydroxylation is 1. The van der Waals surface area contributed by atoms with Gasteiger partial charge in [-0.25, -0.2) is 0 Å². The minimum atomic E-state index is 0.379. The molecular formula is C13H14Cl2N2O. The van der Waals surface area contributed by atoms with E-state index in [1.165, 1.54) is 0 Å². The molecule has 0 bridgehead atoms. The van der Waals surface area contributed by atoms with Gasteiger partial charge in [-0.1, -0.05) is 23.7 Å². The summed E-state index contributed by atoms with van der Waals surface area (Å²) in [6, 6.07) is 5.56. The lowest BCUT2D eigenvalue weighted by atomic mass is 10.2. The van der Waals surface area contributed by atoms with Crippen molar-refractivity contribution in [3.8, 4) is 5.75 Å². The lowest BCUT2D eigenvalue weighted by Gasteiger charge is -2.10. The predicted molar refractivity (Wildman–Crippen MR) is 73.2 cm³/mol. The Labute approximate surface area is 116 Å². The molecule has 18 heavy (non-hydrogen) atoms. The first-order valence-corrected chi connectivity index (χ1v) is 6.63. The van der Waals surface area contributed by atoms with Gasteiger partial charge in [0, 0.05) is 23.9 Å². The number of halogens is 2. The van der Waals surface area contributed by atoms with E-state index in [0.29, 0.717) is 23.3 Å². The molecule has 0 amide bonds. The zero-order valence-electron chi connectivity index (χ0n) is 10.1. The van der Waals surface area contributed by atoms with Crippen LogP contribution in [-0.2, 0) is 19.0 Å². The van der Waals surface area contributed by atoms with Gasteiger partial charge in [0.05, 0.1) is 17.1 Å². The molecule has 1 aromatic carbocycles. The van der Waals surface area contributed by atoms with Crippen molar-refractivity contribution in [1.29, 1.82) is 0 Å². The molecular weight excluding hydrogens is 271 g/mol. The Morgan fingerprint density at radius 3 is 2.89 bits per heavy atom. The van der Waals surface area contributed by atoms with Gasteiger partial charge in [0.15, 0.2) is 0 Å². The molecule has 0 atom stereocenters. The van der Waals surface area contributed by atoms with Crippen molar-refractivity contribution in [3.63, 3.8) is 0 Å². The van der Waals surface area contributed by atoms with Crippen LogP contribution in [0.5, 0.6) is 5.75 Å². The van der Waals surface area contributed by atoms with Crippen LogP contribution in [0.3, 0.4) is 0 Å². The summed E-state index contributed by atoms with van der Waals surface area (Å²) in [4.78, 5) is 0. The molecule has 0 fully saturated rings. The van der Waals surface area contributed by atoms with Gasteiger partial charge in [0.2, 0.25) is 0 Å². The molecule has 0 aliphatic heterocycles. The van der Waals surface area contributed by atoms with E-state index in [1.54, 1.807) is 12.3 Å². The number of alkyl halides is 1. The standard InChI is InChI=1S/C13H14Cl2N2O/c1-2-17-8-10(7-16-17)9-18-13-11(6-14)4-3-5-12(13)15/h3-5,7-8H,2,6,9H2,1H3. The SMILES string of the molecule is CCn1cc(COc2c(Cl)cccc2CCl)cn1. The topological polar surface area (TPSA) is 27.1 Å². The van der Waals surface area contributed by atoms with Crippen LogP contribution in [0.4, 0.5) is 0 Å². The molecule has 2 aromatic rings. The van der Waals surface area contributed by atoms with Crippen LogP contribution in [0.25, 0.3) is 0 Å². The number of benzene rings is 1. The molecule has 0 aliphatic rings. The maximum absolute atomic E-state index is 6.10. The fourth-order valence-corrected chi connectivity index (χ4v) is 2.09. The number of hydrogen-bond donors (Lipinski definition) is 0. The summed E-state index contributed by atoms with van der Waals surface area (Å²) < 4.78 is 7.59. The highest BCUT2D eigenvalue weighted by atomic mass is 35.5. The third-order valence-electron chi connectivity index (χ3n) is 2.59. The summed E-state index contributed by atoms with van der Waals surface area (Å²) in [5.74, 6) is 1.03. The lowest BCUT2D eigenvalue weighted by molar-refractivity contribution is 0.304. The molecule has 1 aromatic heterocycles. The zero-order chi connectivity index (χ0) is 13.0. The normalized spacial score (nSPS) is 10.6. The third-order valence-corrected chi connectivity index (χ3v) is 3.17. The van der Waals surface area contributed by atoms with Crippen LogP contribution in [-0.4, -0.2) is 9.78 Å². The van der Waals surface area contributed by atoms with Crippen molar-refractivity contribution in [3.05, 3.63) is 46.7 Å². The molecule has 5 heteroatoms. The van der Waals surface area contributed by atoms with Crippen molar-refractivity contribution < 1.29 is 4.74 Å². The number of rotatable bonds is 5. The van der Waals surface area contributed by atoms with E-state index in [1.807, 2.05) is 29.9 Å². The number of para-hydroxylation sites is 1. The molecule has 2 rings (SSSR count). The van der Waals surface area contributed by atoms with Crippen molar-refractivity contribution >= 4 is 23.2 Å². The number of ether oxygens (including phenoxy) is 1. The largest absolute Gasteiger partial charge is 0.487 e. The summed E-state index contributed by atoms with van der Waals surface area (Å²) in [5, 5.41) is 4.77. The fraction of sp³-hybridized carbons (Fsp3) is 0.308. The molecule has 0 aliphatic carbocycles. The van der Waals surface area contributed by atoms with Gasteiger partial charge in [-0.05, 0) is 13.0 Å². The molecule has 0 saturated heterocycles. The van der Waals surface area contributed by atoms with E-state index >= 15 is 0 Å². The molecule has 0 unspecified atom stereocenters. The molecule has 0 radical (unpaired) electrons. The van der Waals surface area contributed by atoms with Gasteiger partial charge in [-0.3, -0.25) is 4.68 Å².